The molecule has 0 radical (unpaired) electrons. The molecule has 152 valence electrons. The van der Waals surface area contributed by atoms with Gasteiger partial charge >= 0.3 is 0 Å². The SMILES string of the molecule is COCCn1ccnc1[C@H]1CCCN(C(=O)c2cc(OC)nc3ccccc23)C1. The van der Waals surface area contributed by atoms with E-state index in [4.69, 9.17) is 9.47 Å². The number of methoxy groups -OCH3 is 2. The van der Waals surface area contributed by atoms with Crippen LogP contribution in [0.3, 0.4) is 0 Å². The Morgan fingerprint density at radius 2 is 2.14 bits per heavy atom. The number of imidazole rings is 1. The van der Waals surface area contributed by atoms with Gasteiger partial charge in [-0.15, -0.1) is 0 Å². The van der Waals surface area contributed by atoms with Crippen molar-refractivity contribution in [2.75, 3.05) is 33.9 Å². The Morgan fingerprint density at radius 1 is 1.28 bits per heavy atom. The number of carbonyl (C=O) groups is 1. The molecule has 3 heterocycles. The highest BCUT2D eigenvalue weighted by Gasteiger charge is 2.29. The molecule has 0 aliphatic carbocycles. The number of fused-ring (bicyclic) bond motifs is 1. The van der Waals surface area contributed by atoms with Crippen LogP contribution in [0.25, 0.3) is 10.9 Å². The maximum atomic E-state index is 13.4. The number of hydrogen-bond acceptors (Lipinski definition) is 5. The van der Waals surface area contributed by atoms with Gasteiger partial charge in [-0.1, -0.05) is 18.2 Å². The lowest BCUT2D eigenvalue weighted by atomic mass is 9.96. The fraction of sp³-hybridized carbons (Fsp3) is 0.409. The van der Waals surface area contributed by atoms with Crippen molar-refractivity contribution >= 4 is 16.8 Å². The predicted octanol–water partition coefficient (Wildman–Crippen LogP) is 3.11. The Morgan fingerprint density at radius 3 is 2.97 bits per heavy atom. The van der Waals surface area contributed by atoms with Crippen molar-refractivity contribution in [2.45, 2.75) is 25.3 Å². The van der Waals surface area contributed by atoms with Crippen molar-refractivity contribution in [2.24, 2.45) is 0 Å². The number of piperidine rings is 1. The van der Waals surface area contributed by atoms with E-state index in [1.807, 2.05) is 41.6 Å². The molecule has 3 aromatic rings. The summed E-state index contributed by atoms with van der Waals surface area (Å²) in [5.41, 5.74) is 1.40. The predicted molar refractivity (Wildman–Crippen MR) is 110 cm³/mol. The van der Waals surface area contributed by atoms with Crippen LogP contribution in [0.5, 0.6) is 5.88 Å². The van der Waals surface area contributed by atoms with Crippen LogP contribution in [0.2, 0.25) is 0 Å². The van der Waals surface area contributed by atoms with E-state index in [-0.39, 0.29) is 11.8 Å². The molecule has 4 rings (SSSR count). The second kappa shape index (κ2) is 8.61. The Labute approximate surface area is 170 Å². The lowest BCUT2D eigenvalue weighted by molar-refractivity contribution is 0.0704. The molecule has 1 atom stereocenters. The molecule has 0 N–H and O–H groups in total. The average Bonchev–Trinajstić information content (AvgIpc) is 3.25. The van der Waals surface area contributed by atoms with Crippen molar-refractivity contribution in [1.29, 1.82) is 0 Å². The summed E-state index contributed by atoms with van der Waals surface area (Å²) in [5.74, 6) is 1.71. The number of nitrogens with zero attached hydrogens (tertiary/aromatic N) is 4. The molecule has 7 heteroatoms. The number of para-hydroxylation sites is 1. The van der Waals surface area contributed by atoms with E-state index in [0.717, 1.165) is 42.7 Å². The van der Waals surface area contributed by atoms with Gasteiger partial charge in [-0.3, -0.25) is 4.79 Å². The largest absolute Gasteiger partial charge is 0.481 e. The van der Waals surface area contributed by atoms with Crippen molar-refractivity contribution in [3.63, 3.8) is 0 Å². The van der Waals surface area contributed by atoms with Gasteiger partial charge in [0.1, 0.15) is 5.82 Å². The number of ether oxygens (including phenoxy) is 2. The first-order valence-electron chi connectivity index (χ1n) is 9.94. The minimum atomic E-state index is 0.0154. The third kappa shape index (κ3) is 3.96. The molecule has 7 nitrogen and oxygen atoms in total. The number of aromatic nitrogens is 3. The van der Waals surface area contributed by atoms with E-state index in [1.54, 1.807) is 20.3 Å². The minimum absolute atomic E-state index is 0.0154. The lowest BCUT2D eigenvalue weighted by Crippen LogP contribution is -2.40. The smallest absolute Gasteiger partial charge is 0.254 e. The van der Waals surface area contributed by atoms with E-state index < -0.39 is 0 Å². The summed E-state index contributed by atoms with van der Waals surface area (Å²) in [6.07, 6.45) is 5.78. The number of benzene rings is 1. The van der Waals surface area contributed by atoms with Gasteiger partial charge < -0.3 is 18.9 Å². The Balaban J connectivity index is 1.60. The molecule has 0 unspecified atom stereocenters. The van der Waals surface area contributed by atoms with Crippen LogP contribution >= 0.6 is 0 Å². The number of carbonyl (C=O) groups excluding carboxylic acids is 1. The summed E-state index contributed by atoms with van der Waals surface area (Å²) in [6, 6.07) is 9.43. The highest BCUT2D eigenvalue weighted by atomic mass is 16.5. The van der Waals surface area contributed by atoms with Crippen molar-refractivity contribution in [3.8, 4) is 5.88 Å². The van der Waals surface area contributed by atoms with Gasteiger partial charge in [0.25, 0.3) is 5.91 Å². The molecule has 0 saturated carbocycles. The monoisotopic (exact) mass is 394 g/mol. The van der Waals surface area contributed by atoms with E-state index in [9.17, 15) is 4.79 Å². The van der Waals surface area contributed by atoms with Crippen molar-refractivity contribution in [3.05, 3.63) is 54.1 Å². The second-order valence-electron chi connectivity index (χ2n) is 7.29. The average molecular weight is 394 g/mol. The first-order chi connectivity index (χ1) is 14.2. The molecule has 0 bridgehead atoms. The van der Waals surface area contributed by atoms with Crippen LogP contribution in [0.15, 0.2) is 42.7 Å². The Kier molecular flexibility index (Phi) is 5.76. The molecule has 1 saturated heterocycles. The number of hydrogen-bond donors (Lipinski definition) is 0. The first-order valence-corrected chi connectivity index (χ1v) is 9.94. The zero-order chi connectivity index (χ0) is 20.2. The van der Waals surface area contributed by atoms with Gasteiger partial charge in [0.05, 0.1) is 24.8 Å². The maximum Gasteiger partial charge on any atom is 0.254 e. The molecule has 1 amide bonds. The molecular weight excluding hydrogens is 368 g/mol. The van der Waals surface area contributed by atoms with Gasteiger partial charge in [-0.2, -0.15) is 0 Å². The van der Waals surface area contributed by atoms with Gasteiger partial charge in [0.15, 0.2) is 0 Å². The third-order valence-electron chi connectivity index (χ3n) is 5.49. The standard InChI is InChI=1S/C22H26N4O3/c1-28-13-12-25-11-9-23-21(25)16-6-5-10-26(15-16)22(27)18-14-20(29-2)24-19-8-4-3-7-17(18)19/h3-4,7-9,11,14,16H,5-6,10,12-13,15H2,1-2H3/t16-/m0/s1. The fourth-order valence-electron chi connectivity index (χ4n) is 4.03. The number of rotatable bonds is 6. The summed E-state index contributed by atoms with van der Waals surface area (Å²) in [4.78, 5) is 24.4. The van der Waals surface area contributed by atoms with Gasteiger partial charge in [-0.25, -0.2) is 9.97 Å². The Hall–Kier alpha value is -2.93. The van der Waals surface area contributed by atoms with E-state index >= 15 is 0 Å². The lowest BCUT2D eigenvalue weighted by Gasteiger charge is -2.33. The van der Waals surface area contributed by atoms with Crippen LogP contribution in [-0.2, 0) is 11.3 Å². The van der Waals surface area contributed by atoms with Crippen LogP contribution < -0.4 is 4.74 Å². The highest BCUT2D eigenvalue weighted by molar-refractivity contribution is 6.06. The summed E-state index contributed by atoms with van der Waals surface area (Å²) >= 11 is 0. The molecule has 0 spiro atoms. The molecular formula is C22H26N4O3. The van der Waals surface area contributed by atoms with E-state index in [0.29, 0.717) is 24.6 Å². The highest BCUT2D eigenvalue weighted by Crippen LogP contribution is 2.29. The minimum Gasteiger partial charge on any atom is -0.481 e. The summed E-state index contributed by atoms with van der Waals surface area (Å²) in [6.45, 7) is 2.80. The number of likely N-dealkylation sites (tertiary alicyclic amines) is 1. The summed E-state index contributed by atoms with van der Waals surface area (Å²) in [7, 11) is 3.27. The van der Waals surface area contributed by atoms with Crippen molar-refractivity contribution in [1.82, 2.24) is 19.4 Å². The number of amides is 1. The van der Waals surface area contributed by atoms with Crippen LogP contribution in [-0.4, -0.2) is 59.3 Å². The molecule has 2 aromatic heterocycles. The molecule has 1 aliphatic heterocycles. The number of pyridine rings is 1. The van der Waals surface area contributed by atoms with Crippen molar-refractivity contribution < 1.29 is 14.3 Å². The third-order valence-corrected chi connectivity index (χ3v) is 5.49. The summed E-state index contributed by atoms with van der Waals surface area (Å²) < 4.78 is 12.7. The van der Waals surface area contributed by atoms with E-state index in [2.05, 4.69) is 14.5 Å². The molecule has 1 aromatic carbocycles. The first kappa shape index (κ1) is 19.4. The quantitative estimate of drug-likeness (QED) is 0.643. The molecule has 29 heavy (non-hydrogen) atoms. The van der Waals surface area contributed by atoms with Crippen LogP contribution in [0.4, 0.5) is 0 Å². The van der Waals surface area contributed by atoms with Crippen LogP contribution in [0.1, 0.15) is 34.9 Å². The van der Waals surface area contributed by atoms with Gasteiger partial charge in [-0.05, 0) is 18.9 Å². The van der Waals surface area contributed by atoms with E-state index in [1.165, 1.54) is 0 Å². The Bertz CT molecular complexity index is 1000. The molecule has 1 fully saturated rings. The maximum absolute atomic E-state index is 13.4. The second-order valence-corrected chi connectivity index (χ2v) is 7.29. The topological polar surface area (TPSA) is 69.5 Å². The van der Waals surface area contributed by atoms with Gasteiger partial charge in [0, 0.05) is 56.5 Å². The fourth-order valence-corrected chi connectivity index (χ4v) is 4.03. The normalized spacial score (nSPS) is 16.9. The zero-order valence-corrected chi connectivity index (χ0v) is 16.9. The zero-order valence-electron chi connectivity index (χ0n) is 16.9. The molecule has 1 aliphatic rings. The summed E-state index contributed by atoms with van der Waals surface area (Å²) in [5, 5.41) is 0.849. The van der Waals surface area contributed by atoms with Crippen LogP contribution in [0, 0.1) is 0 Å². The van der Waals surface area contributed by atoms with Gasteiger partial charge in [0.2, 0.25) is 5.88 Å².